The highest BCUT2D eigenvalue weighted by Crippen LogP contribution is 2.25. The Bertz CT molecular complexity index is 590. The first-order valence-corrected chi connectivity index (χ1v) is 6.85. The van der Waals surface area contributed by atoms with Crippen LogP contribution in [0.5, 0.6) is 11.6 Å². The van der Waals surface area contributed by atoms with Crippen LogP contribution < -0.4 is 14.8 Å². The summed E-state index contributed by atoms with van der Waals surface area (Å²) in [6.07, 6.45) is 1.64. The van der Waals surface area contributed by atoms with Gasteiger partial charge in [-0.2, -0.15) is 0 Å². The van der Waals surface area contributed by atoms with Crippen molar-refractivity contribution in [3.8, 4) is 11.6 Å². The van der Waals surface area contributed by atoms with E-state index in [0.29, 0.717) is 12.4 Å². The first kappa shape index (κ1) is 15.3. The lowest BCUT2D eigenvalue weighted by Gasteiger charge is -2.13. The zero-order valence-corrected chi connectivity index (χ0v) is 12.2. The fourth-order valence-electron chi connectivity index (χ4n) is 1.98. The number of hydrogen-bond donors (Lipinski definition) is 1. The number of pyridine rings is 1. The van der Waals surface area contributed by atoms with Gasteiger partial charge in [0.2, 0.25) is 5.88 Å². The van der Waals surface area contributed by atoms with E-state index in [2.05, 4.69) is 10.3 Å². The Labute approximate surface area is 123 Å². The second kappa shape index (κ2) is 7.59. The van der Waals surface area contributed by atoms with Gasteiger partial charge in [-0.15, -0.1) is 0 Å². The van der Waals surface area contributed by atoms with Crippen LogP contribution in [0.4, 0.5) is 4.39 Å². The number of aromatic nitrogens is 1. The van der Waals surface area contributed by atoms with Crippen LogP contribution in [0.2, 0.25) is 0 Å². The number of methoxy groups -OCH3 is 1. The summed E-state index contributed by atoms with van der Waals surface area (Å²) < 4.78 is 24.8. The summed E-state index contributed by atoms with van der Waals surface area (Å²) in [6, 6.07) is 8.56. The van der Waals surface area contributed by atoms with E-state index >= 15 is 0 Å². The first-order valence-electron chi connectivity index (χ1n) is 6.85. The van der Waals surface area contributed by atoms with Gasteiger partial charge in [-0.3, -0.25) is 0 Å². The molecule has 0 spiro atoms. The first-order chi connectivity index (χ1) is 10.3. The number of ether oxygens (including phenoxy) is 2. The predicted octanol–water partition coefficient (Wildman–Crippen LogP) is 2.92. The standard InChI is InChI=1S/C16H19FN2O2/c1-3-18-10-12-6-4-8-14(17)15(12)21-11-13-7-5-9-19-16(13)20-2/h4-9,18H,3,10-11H2,1-2H3. The monoisotopic (exact) mass is 290 g/mol. The Balaban J connectivity index is 2.15. The summed E-state index contributed by atoms with van der Waals surface area (Å²) in [6.45, 7) is 3.58. The molecule has 0 aliphatic carbocycles. The zero-order chi connectivity index (χ0) is 15.1. The molecule has 0 saturated carbocycles. The van der Waals surface area contributed by atoms with Gasteiger partial charge in [0, 0.05) is 18.3 Å². The fourth-order valence-corrected chi connectivity index (χ4v) is 1.98. The van der Waals surface area contributed by atoms with E-state index in [1.807, 2.05) is 19.1 Å². The molecule has 5 heteroatoms. The second-order valence-electron chi connectivity index (χ2n) is 4.47. The third-order valence-electron chi connectivity index (χ3n) is 3.03. The summed E-state index contributed by atoms with van der Waals surface area (Å²) >= 11 is 0. The molecular formula is C16H19FN2O2. The van der Waals surface area contributed by atoms with Crippen molar-refractivity contribution in [3.05, 3.63) is 53.5 Å². The minimum atomic E-state index is -0.367. The van der Waals surface area contributed by atoms with E-state index in [1.54, 1.807) is 25.4 Å². The molecule has 0 unspecified atom stereocenters. The summed E-state index contributed by atoms with van der Waals surface area (Å²) in [5, 5.41) is 3.17. The Morgan fingerprint density at radius 1 is 1.19 bits per heavy atom. The molecule has 0 aliphatic rings. The van der Waals surface area contributed by atoms with Crippen molar-refractivity contribution in [2.24, 2.45) is 0 Å². The molecule has 1 aromatic heterocycles. The number of nitrogens with zero attached hydrogens (tertiary/aromatic N) is 1. The molecule has 4 nitrogen and oxygen atoms in total. The molecule has 0 bridgehead atoms. The lowest BCUT2D eigenvalue weighted by atomic mass is 10.2. The Kier molecular flexibility index (Phi) is 5.51. The van der Waals surface area contributed by atoms with Gasteiger partial charge in [0.15, 0.2) is 11.6 Å². The van der Waals surface area contributed by atoms with Gasteiger partial charge in [-0.25, -0.2) is 9.37 Å². The van der Waals surface area contributed by atoms with Gasteiger partial charge in [0.1, 0.15) is 6.61 Å². The number of nitrogens with one attached hydrogen (secondary N) is 1. The maximum Gasteiger partial charge on any atom is 0.219 e. The average molecular weight is 290 g/mol. The van der Waals surface area contributed by atoms with Crippen LogP contribution in [0.3, 0.4) is 0 Å². The van der Waals surface area contributed by atoms with E-state index in [-0.39, 0.29) is 18.2 Å². The maximum absolute atomic E-state index is 14.0. The van der Waals surface area contributed by atoms with Gasteiger partial charge >= 0.3 is 0 Å². The van der Waals surface area contributed by atoms with Crippen LogP contribution in [0, 0.1) is 5.82 Å². The largest absolute Gasteiger partial charge is 0.485 e. The number of halogens is 1. The third-order valence-corrected chi connectivity index (χ3v) is 3.03. The molecule has 0 aliphatic heterocycles. The number of hydrogen-bond acceptors (Lipinski definition) is 4. The highest BCUT2D eigenvalue weighted by molar-refractivity contribution is 5.35. The summed E-state index contributed by atoms with van der Waals surface area (Å²) in [5.41, 5.74) is 1.57. The number of rotatable bonds is 7. The summed E-state index contributed by atoms with van der Waals surface area (Å²) in [7, 11) is 1.55. The quantitative estimate of drug-likeness (QED) is 0.851. The summed E-state index contributed by atoms with van der Waals surface area (Å²) in [5.74, 6) is 0.389. The molecular weight excluding hydrogens is 271 g/mol. The predicted molar refractivity (Wildman–Crippen MR) is 78.9 cm³/mol. The van der Waals surface area contributed by atoms with Crippen molar-refractivity contribution in [2.45, 2.75) is 20.1 Å². The molecule has 0 atom stereocenters. The highest BCUT2D eigenvalue weighted by Gasteiger charge is 2.11. The lowest BCUT2D eigenvalue weighted by molar-refractivity contribution is 0.277. The topological polar surface area (TPSA) is 43.4 Å². The van der Waals surface area contributed by atoms with Gasteiger partial charge < -0.3 is 14.8 Å². The number of para-hydroxylation sites is 1. The normalized spacial score (nSPS) is 10.4. The second-order valence-corrected chi connectivity index (χ2v) is 4.47. The Hall–Kier alpha value is -2.14. The minimum absolute atomic E-state index is 0.205. The van der Waals surface area contributed by atoms with E-state index in [9.17, 15) is 4.39 Å². The van der Waals surface area contributed by atoms with Crippen LogP contribution in [0.25, 0.3) is 0 Å². The molecule has 1 N–H and O–H groups in total. The maximum atomic E-state index is 14.0. The van der Waals surface area contributed by atoms with E-state index in [0.717, 1.165) is 17.7 Å². The molecule has 2 aromatic rings. The Morgan fingerprint density at radius 3 is 2.76 bits per heavy atom. The molecule has 1 aromatic carbocycles. The molecule has 0 amide bonds. The van der Waals surface area contributed by atoms with Gasteiger partial charge in [-0.1, -0.05) is 19.1 Å². The van der Waals surface area contributed by atoms with E-state index < -0.39 is 0 Å². The molecule has 2 rings (SSSR count). The molecule has 21 heavy (non-hydrogen) atoms. The fraction of sp³-hybridized carbons (Fsp3) is 0.312. The van der Waals surface area contributed by atoms with Crippen molar-refractivity contribution in [1.82, 2.24) is 10.3 Å². The molecule has 1 heterocycles. The smallest absolute Gasteiger partial charge is 0.219 e. The zero-order valence-electron chi connectivity index (χ0n) is 12.2. The SMILES string of the molecule is CCNCc1cccc(F)c1OCc1cccnc1OC. The summed E-state index contributed by atoms with van der Waals surface area (Å²) in [4.78, 5) is 4.10. The van der Waals surface area contributed by atoms with Crippen LogP contribution >= 0.6 is 0 Å². The minimum Gasteiger partial charge on any atom is -0.485 e. The van der Waals surface area contributed by atoms with Crippen LogP contribution in [0.1, 0.15) is 18.1 Å². The van der Waals surface area contributed by atoms with Gasteiger partial charge in [0.25, 0.3) is 0 Å². The number of benzene rings is 1. The average Bonchev–Trinajstić information content (AvgIpc) is 2.52. The van der Waals surface area contributed by atoms with Gasteiger partial charge in [0.05, 0.1) is 12.7 Å². The molecule has 112 valence electrons. The van der Waals surface area contributed by atoms with Gasteiger partial charge in [-0.05, 0) is 24.7 Å². The van der Waals surface area contributed by atoms with Crippen LogP contribution in [0.15, 0.2) is 36.5 Å². The van der Waals surface area contributed by atoms with Crippen molar-refractivity contribution in [2.75, 3.05) is 13.7 Å². The lowest BCUT2D eigenvalue weighted by Crippen LogP contribution is -2.13. The van der Waals surface area contributed by atoms with Crippen molar-refractivity contribution in [1.29, 1.82) is 0 Å². The van der Waals surface area contributed by atoms with Crippen LogP contribution in [-0.2, 0) is 13.2 Å². The van der Waals surface area contributed by atoms with Crippen LogP contribution in [-0.4, -0.2) is 18.6 Å². The Morgan fingerprint density at radius 2 is 2.00 bits per heavy atom. The molecule has 0 saturated heterocycles. The highest BCUT2D eigenvalue weighted by atomic mass is 19.1. The van der Waals surface area contributed by atoms with Crippen molar-refractivity contribution >= 4 is 0 Å². The van der Waals surface area contributed by atoms with E-state index in [4.69, 9.17) is 9.47 Å². The van der Waals surface area contributed by atoms with E-state index in [1.165, 1.54) is 6.07 Å². The van der Waals surface area contributed by atoms with Crippen molar-refractivity contribution < 1.29 is 13.9 Å². The molecule has 0 radical (unpaired) electrons. The molecule has 0 fully saturated rings. The van der Waals surface area contributed by atoms with Crippen molar-refractivity contribution in [3.63, 3.8) is 0 Å². The third kappa shape index (κ3) is 3.92.